The maximum atomic E-state index is 11.6. The zero-order chi connectivity index (χ0) is 10.5. The molecule has 4 nitrogen and oxygen atoms in total. The lowest BCUT2D eigenvalue weighted by Gasteiger charge is -2.02. The molecule has 1 N–H and O–H groups in total. The van der Waals surface area contributed by atoms with Gasteiger partial charge in [0.1, 0.15) is 0 Å². The van der Waals surface area contributed by atoms with E-state index in [2.05, 4.69) is 15.3 Å². The van der Waals surface area contributed by atoms with Crippen molar-refractivity contribution < 1.29 is 4.79 Å². The van der Waals surface area contributed by atoms with Gasteiger partial charge in [-0.05, 0) is 12.1 Å². The quantitative estimate of drug-likeness (QED) is 0.801. The number of hydrogen-bond donors (Lipinski definition) is 1. The van der Waals surface area contributed by atoms with E-state index in [9.17, 15) is 4.79 Å². The molecule has 4 heteroatoms. The number of rotatable bonds is 2. The van der Waals surface area contributed by atoms with E-state index in [1.54, 1.807) is 18.3 Å². The summed E-state index contributed by atoms with van der Waals surface area (Å²) in [5.41, 5.74) is 0.600. The second-order valence-electron chi connectivity index (χ2n) is 2.91. The van der Waals surface area contributed by atoms with Gasteiger partial charge in [0.15, 0.2) is 5.82 Å². The van der Waals surface area contributed by atoms with Crippen molar-refractivity contribution in [2.24, 2.45) is 0 Å². The SMILES string of the molecule is O=C(Nc1cnccn1)c1ccccc1. The van der Waals surface area contributed by atoms with Crippen molar-refractivity contribution in [1.82, 2.24) is 9.97 Å². The lowest BCUT2D eigenvalue weighted by Crippen LogP contribution is -2.12. The van der Waals surface area contributed by atoms with Gasteiger partial charge in [-0.25, -0.2) is 4.98 Å². The van der Waals surface area contributed by atoms with Gasteiger partial charge >= 0.3 is 0 Å². The van der Waals surface area contributed by atoms with Crippen molar-refractivity contribution in [3.05, 3.63) is 54.5 Å². The Morgan fingerprint density at radius 1 is 1.13 bits per heavy atom. The van der Waals surface area contributed by atoms with E-state index in [0.717, 1.165) is 0 Å². The molecule has 0 atom stereocenters. The average Bonchev–Trinajstić information content (AvgIpc) is 2.31. The third kappa shape index (κ3) is 2.37. The second kappa shape index (κ2) is 4.32. The maximum Gasteiger partial charge on any atom is 0.256 e. The van der Waals surface area contributed by atoms with Gasteiger partial charge in [-0.15, -0.1) is 0 Å². The van der Waals surface area contributed by atoms with Crippen LogP contribution in [-0.2, 0) is 0 Å². The fourth-order valence-corrected chi connectivity index (χ4v) is 1.14. The van der Waals surface area contributed by atoms with E-state index in [-0.39, 0.29) is 5.91 Å². The Balaban J connectivity index is 2.12. The number of carbonyl (C=O) groups excluding carboxylic acids is 1. The van der Waals surface area contributed by atoms with Gasteiger partial charge in [0, 0.05) is 18.0 Å². The highest BCUT2D eigenvalue weighted by Crippen LogP contribution is 2.03. The van der Waals surface area contributed by atoms with Crippen LogP contribution in [0.4, 0.5) is 5.82 Å². The molecule has 0 aliphatic rings. The van der Waals surface area contributed by atoms with Crippen LogP contribution in [-0.4, -0.2) is 15.9 Å². The van der Waals surface area contributed by atoms with Gasteiger partial charge in [-0.1, -0.05) is 18.2 Å². The molecule has 0 fully saturated rings. The molecule has 0 spiro atoms. The first-order valence-corrected chi connectivity index (χ1v) is 4.49. The summed E-state index contributed by atoms with van der Waals surface area (Å²) in [7, 11) is 0. The lowest BCUT2D eigenvalue weighted by atomic mass is 10.2. The van der Waals surface area contributed by atoms with E-state index in [0.29, 0.717) is 11.4 Å². The Morgan fingerprint density at radius 2 is 1.93 bits per heavy atom. The van der Waals surface area contributed by atoms with Gasteiger partial charge in [-0.2, -0.15) is 0 Å². The molecule has 0 bridgehead atoms. The average molecular weight is 199 g/mol. The van der Waals surface area contributed by atoms with Gasteiger partial charge < -0.3 is 5.32 Å². The van der Waals surface area contributed by atoms with Crippen LogP contribution < -0.4 is 5.32 Å². The van der Waals surface area contributed by atoms with Gasteiger partial charge in [0.25, 0.3) is 5.91 Å². The standard InChI is InChI=1S/C11H9N3O/c15-11(9-4-2-1-3-5-9)14-10-8-12-6-7-13-10/h1-8H,(H,13,14,15). The molecule has 15 heavy (non-hydrogen) atoms. The molecule has 0 saturated heterocycles. The normalized spacial score (nSPS) is 9.60. The van der Waals surface area contributed by atoms with Gasteiger partial charge in [0.05, 0.1) is 6.20 Å². The minimum Gasteiger partial charge on any atom is -0.305 e. The number of amides is 1. The number of carbonyl (C=O) groups is 1. The minimum atomic E-state index is -0.184. The molecular formula is C11H9N3O. The second-order valence-corrected chi connectivity index (χ2v) is 2.91. The number of nitrogens with zero attached hydrogens (tertiary/aromatic N) is 2. The van der Waals surface area contributed by atoms with E-state index in [1.807, 2.05) is 18.2 Å². The summed E-state index contributed by atoms with van der Waals surface area (Å²) in [6.07, 6.45) is 4.58. The first kappa shape index (κ1) is 9.33. The van der Waals surface area contributed by atoms with Crippen molar-refractivity contribution >= 4 is 11.7 Å². The largest absolute Gasteiger partial charge is 0.305 e. The Labute approximate surface area is 87.0 Å². The lowest BCUT2D eigenvalue weighted by molar-refractivity contribution is 0.102. The highest BCUT2D eigenvalue weighted by atomic mass is 16.1. The number of nitrogens with one attached hydrogen (secondary N) is 1. The van der Waals surface area contributed by atoms with Crippen LogP contribution in [0.15, 0.2) is 48.9 Å². The number of anilines is 1. The maximum absolute atomic E-state index is 11.6. The van der Waals surface area contributed by atoms with Crippen LogP contribution in [0.3, 0.4) is 0 Å². The minimum absolute atomic E-state index is 0.184. The summed E-state index contributed by atoms with van der Waals surface area (Å²) >= 11 is 0. The molecular weight excluding hydrogens is 190 g/mol. The molecule has 1 aromatic carbocycles. The molecule has 0 aliphatic carbocycles. The molecule has 2 rings (SSSR count). The molecule has 0 aliphatic heterocycles. The summed E-state index contributed by atoms with van der Waals surface area (Å²) < 4.78 is 0. The Kier molecular flexibility index (Phi) is 2.69. The summed E-state index contributed by atoms with van der Waals surface area (Å²) in [4.78, 5) is 19.4. The molecule has 0 unspecified atom stereocenters. The van der Waals surface area contributed by atoms with Crippen molar-refractivity contribution in [2.45, 2.75) is 0 Å². The molecule has 0 saturated carbocycles. The predicted octanol–water partition coefficient (Wildman–Crippen LogP) is 1.73. The van der Waals surface area contributed by atoms with Gasteiger partial charge in [0.2, 0.25) is 0 Å². The van der Waals surface area contributed by atoms with Crippen LogP contribution in [0, 0.1) is 0 Å². The number of hydrogen-bond acceptors (Lipinski definition) is 3. The summed E-state index contributed by atoms with van der Waals surface area (Å²) in [6, 6.07) is 8.97. The van der Waals surface area contributed by atoms with Crippen LogP contribution in [0.2, 0.25) is 0 Å². The van der Waals surface area contributed by atoms with E-state index in [4.69, 9.17) is 0 Å². The smallest absolute Gasteiger partial charge is 0.256 e. The fraction of sp³-hybridized carbons (Fsp3) is 0. The molecule has 1 aromatic heterocycles. The topological polar surface area (TPSA) is 54.9 Å². The van der Waals surface area contributed by atoms with E-state index >= 15 is 0 Å². The van der Waals surface area contributed by atoms with E-state index < -0.39 is 0 Å². The monoisotopic (exact) mass is 199 g/mol. The first-order chi connectivity index (χ1) is 7.36. The van der Waals surface area contributed by atoms with Crippen molar-refractivity contribution in [1.29, 1.82) is 0 Å². The zero-order valence-corrected chi connectivity index (χ0v) is 7.92. The fourth-order valence-electron chi connectivity index (χ4n) is 1.14. The number of aromatic nitrogens is 2. The zero-order valence-electron chi connectivity index (χ0n) is 7.92. The van der Waals surface area contributed by atoms with Crippen molar-refractivity contribution in [3.8, 4) is 0 Å². The highest BCUT2D eigenvalue weighted by Gasteiger charge is 2.04. The highest BCUT2D eigenvalue weighted by molar-refractivity contribution is 6.03. The Bertz CT molecular complexity index is 442. The molecule has 0 radical (unpaired) electrons. The number of benzene rings is 1. The van der Waals surface area contributed by atoms with Gasteiger partial charge in [-0.3, -0.25) is 9.78 Å². The molecule has 74 valence electrons. The van der Waals surface area contributed by atoms with Crippen LogP contribution in [0.5, 0.6) is 0 Å². The molecule has 1 heterocycles. The van der Waals surface area contributed by atoms with Crippen LogP contribution in [0.1, 0.15) is 10.4 Å². The van der Waals surface area contributed by atoms with Crippen LogP contribution >= 0.6 is 0 Å². The van der Waals surface area contributed by atoms with Crippen LogP contribution in [0.25, 0.3) is 0 Å². The molecule has 1 amide bonds. The van der Waals surface area contributed by atoms with Crippen molar-refractivity contribution in [2.75, 3.05) is 5.32 Å². The summed E-state index contributed by atoms with van der Waals surface area (Å²) in [5.74, 6) is 0.266. The van der Waals surface area contributed by atoms with Crippen molar-refractivity contribution in [3.63, 3.8) is 0 Å². The summed E-state index contributed by atoms with van der Waals surface area (Å²) in [5, 5.41) is 2.65. The third-order valence-corrected chi connectivity index (χ3v) is 1.84. The summed E-state index contributed by atoms with van der Waals surface area (Å²) in [6.45, 7) is 0. The Morgan fingerprint density at radius 3 is 2.60 bits per heavy atom. The molecule has 2 aromatic rings. The predicted molar refractivity (Wildman–Crippen MR) is 56.4 cm³/mol. The third-order valence-electron chi connectivity index (χ3n) is 1.84. The first-order valence-electron chi connectivity index (χ1n) is 4.49. The Hall–Kier alpha value is -2.23. The van der Waals surface area contributed by atoms with E-state index in [1.165, 1.54) is 12.4 Å².